The van der Waals surface area contributed by atoms with Gasteiger partial charge in [-0.15, -0.1) is 0 Å². The number of rotatable bonds is 3. The third kappa shape index (κ3) is 5.02. The number of piperidine rings is 1. The molecule has 1 atom stereocenters. The average Bonchev–Trinajstić information content (AvgIpc) is 3.39. The first-order valence-corrected chi connectivity index (χ1v) is 13.2. The van der Waals surface area contributed by atoms with Gasteiger partial charge in [0.15, 0.2) is 0 Å². The fourth-order valence-corrected chi connectivity index (χ4v) is 5.54. The van der Waals surface area contributed by atoms with Gasteiger partial charge in [0, 0.05) is 42.9 Å². The molecule has 3 heterocycles. The molecule has 2 aliphatic heterocycles. The van der Waals surface area contributed by atoms with Gasteiger partial charge in [-0.25, -0.2) is 14.2 Å². The van der Waals surface area contributed by atoms with E-state index in [0.29, 0.717) is 38.2 Å². The average molecular weight is 525 g/mol. The summed E-state index contributed by atoms with van der Waals surface area (Å²) < 4.78 is 20.1. The lowest BCUT2D eigenvalue weighted by atomic mass is 9.94. The van der Waals surface area contributed by atoms with Crippen molar-refractivity contribution in [3.8, 4) is 28.3 Å². The van der Waals surface area contributed by atoms with Gasteiger partial charge in [0.2, 0.25) is 0 Å². The van der Waals surface area contributed by atoms with Crippen LogP contribution < -0.4 is 4.74 Å². The minimum atomic E-state index is -0.487. The van der Waals surface area contributed by atoms with Gasteiger partial charge >= 0.3 is 6.03 Å². The van der Waals surface area contributed by atoms with E-state index in [0.717, 1.165) is 39.4 Å². The van der Waals surface area contributed by atoms with Gasteiger partial charge < -0.3 is 19.5 Å². The Kier molecular flexibility index (Phi) is 6.60. The molecule has 1 unspecified atom stereocenters. The molecule has 198 valence electrons. The minimum absolute atomic E-state index is 0.0798. The third-order valence-corrected chi connectivity index (χ3v) is 7.49. The van der Waals surface area contributed by atoms with E-state index in [1.807, 2.05) is 19.1 Å². The fraction of sp³-hybridized carbons (Fsp3) is 0.258. The molecule has 7 nitrogen and oxygen atoms in total. The number of H-pyrrole nitrogens is 1. The topological polar surface area (TPSA) is 78.5 Å². The van der Waals surface area contributed by atoms with Crippen molar-refractivity contribution < 1.29 is 18.7 Å². The van der Waals surface area contributed by atoms with Crippen molar-refractivity contribution in [1.29, 1.82) is 0 Å². The summed E-state index contributed by atoms with van der Waals surface area (Å²) in [6.45, 7) is 3.50. The van der Waals surface area contributed by atoms with Gasteiger partial charge in [-0.2, -0.15) is 0 Å². The van der Waals surface area contributed by atoms with E-state index in [9.17, 15) is 14.0 Å². The number of aromatic nitrogens is 2. The van der Waals surface area contributed by atoms with Crippen molar-refractivity contribution >= 4 is 11.8 Å². The number of benzene rings is 3. The molecule has 6 rings (SSSR count). The number of urea groups is 1. The van der Waals surface area contributed by atoms with Crippen LogP contribution in [0.3, 0.4) is 0 Å². The number of ketones is 1. The van der Waals surface area contributed by atoms with Crippen LogP contribution in [-0.4, -0.2) is 51.3 Å². The third-order valence-electron chi connectivity index (χ3n) is 7.49. The maximum Gasteiger partial charge on any atom is 0.320 e. The predicted molar refractivity (Wildman–Crippen MR) is 146 cm³/mol. The van der Waals surface area contributed by atoms with Crippen LogP contribution in [0.4, 0.5) is 9.18 Å². The predicted octanol–water partition coefficient (Wildman–Crippen LogP) is 5.91. The van der Waals surface area contributed by atoms with E-state index in [1.54, 1.807) is 34.3 Å². The van der Waals surface area contributed by atoms with Crippen LogP contribution in [0, 0.1) is 12.7 Å². The molecule has 0 spiro atoms. The van der Waals surface area contributed by atoms with Crippen molar-refractivity contribution in [3.63, 3.8) is 0 Å². The highest BCUT2D eigenvalue weighted by molar-refractivity contribution is 5.84. The molecule has 8 heteroatoms. The number of nitrogens with zero attached hydrogens (tertiary/aromatic N) is 3. The Morgan fingerprint density at radius 1 is 1.05 bits per heavy atom. The van der Waals surface area contributed by atoms with Crippen molar-refractivity contribution in [3.05, 3.63) is 95.6 Å². The molecular weight excluding hydrogens is 495 g/mol. The Hall–Kier alpha value is -4.46. The maximum absolute atomic E-state index is 14.0. The summed E-state index contributed by atoms with van der Waals surface area (Å²) in [5.74, 6) is 1.32. The molecule has 1 fully saturated rings. The molecule has 1 N–H and O–H groups in total. The van der Waals surface area contributed by atoms with Crippen molar-refractivity contribution in [2.24, 2.45) is 0 Å². The summed E-state index contributed by atoms with van der Waals surface area (Å²) in [6, 6.07) is 17.9. The fourth-order valence-electron chi connectivity index (χ4n) is 5.54. The molecule has 0 saturated carbocycles. The molecule has 39 heavy (non-hydrogen) atoms. The Morgan fingerprint density at radius 3 is 2.64 bits per heavy atom. The number of Topliss-reactive ketones (excluding diaryl/α,β-unsaturated/α-hetero) is 1. The Bertz CT molecular complexity index is 1520. The molecule has 1 aromatic heterocycles. The van der Waals surface area contributed by atoms with E-state index < -0.39 is 6.04 Å². The quantitative estimate of drug-likeness (QED) is 0.361. The number of carbonyl (C=O) groups excluding carboxylic acids is 2. The van der Waals surface area contributed by atoms with Crippen molar-refractivity contribution in [2.75, 3.05) is 19.7 Å². The lowest BCUT2D eigenvalue weighted by molar-refractivity contribution is -0.122. The monoisotopic (exact) mass is 524 g/mol. The summed E-state index contributed by atoms with van der Waals surface area (Å²) >= 11 is 0. The van der Waals surface area contributed by atoms with E-state index in [1.165, 1.54) is 12.1 Å². The minimum Gasteiger partial charge on any atom is -0.491 e. The number of likely N-dealkylation sites (tertiary alicyclic amines) is 1. The molecule has 2 aliphatic rings. The van der Waals surface area contributed by atoms with Gasteiger partial charge in [-0.1, -0.05) is 36.4 Å². The summed E-state index contributed by atoms with van der Waals surface area (Å²) in [4.78, 5) is 37.1. The highest BCUT2D eigenvalue weighted by Crippen LogP contribution is 2.35. The van der Waals surface area contributed by atoms with Crippen molar-refractivity contribution in [1.82, 2.24) is 19.8 Å². The molecule has 1 saturated heterocycles. The molecule has 0 radical (unpaired) electrons. The lowest BCUT2D eigenvalue weighted by Crippen LogP contribution is -2.48. The van der Waals surface area contributed by atoms with Crippen LogP contribution in [0.5, 0.6) is 5.75 Å². The van der Waals surface area contributed by atoms with Crippen LogP contribution in [0.2, 0.25) is 0 Å². The number of aromatic amines is 1. The number of imidazole rings is 1. The van der Waals surface area contributed by atoms with Gasteiger partial charge in [0.1, 0.15) is 29.8 Å². The van der Waals surface area contributed by atoms with Crippen LogP contribution >= 0.6 is 0 Å². The molecule has 3 aromatic carbocycles. The normalized spacial score (nSPS) is 17.4. The maximum atomic E-state index is 14.0. The van der Waals surface area contributed by atoms with Crippen LogP contribution in [0.1, 0.15) is 35.6 Å². The smallest absolute Gasteiger partial charge is 0.320 e. The summed E-state index contributed by atoms with van der Waals surface area (Å²) in [5, 5.41) is 0. The first-order chi connectivity index (χ1) is 19.0. The van der Waals surface area contributed by atoms with Crippen LogP contribution in [-0.2, 0) is 11.3 Å². The number of carbonyl (C=O) groups is 2. The van der Waals surface area contributed by atoms with E-state index in [-0.39, 0.29) is 24.1 Å². The molecule has 2 amide bonds. The second kappa shape index (κ2) is 10.4. The first-order valence-electron chi connectivity index (χ1n) is 13.2. The number of hydrogen-bond acceptors (Lipinski definition) is 4. The second-order valence-corrected chi connectivity index (χ2v) is 10.1. The Morgan fingerprint density at radius 2 is 1.87 bits per heavy atom. The number of nitrogens with one attached hydrogen (secondary N) is 1. The number of hydrogen-bond donors (Lipinski definition) is 1. The van der Waals surface area contributed by atoms with Crippen LogP contribution in [0.25, 0.3) is 22.5 Å². The summed E-state index contributed by atoms with van der Waals surface area (Å²) in [5.41, 5.74) is 5.67. The number of aryl methyl sites for hydroxylation is 1. The zero-order valence-electron chi connectivity index (χ0n) is 21.7. The molecule has 0 bridgehead atoms. The molecule has 0 aliphatic carbocycles. The Balaban J connectivity index is 1.27. The molecule has 4 aromatic rings. The SMILES string of the molecule is Cc1cc(-c2ccc(-c3ncc[nH]3)cc2)cc2c1OCCN(C(=O)N1CCC(=O)CC1c1cccc(F)c1)C2. The summed E-state index contributed by atoms with van der Waals surface area (Å²) in [6.07, 6.45) is 4.02. The number of halogens is 1. The van der Waals surface area contributed by atoms with Gasteiger partial charge in [-0.3, -0.25) is 4.79 Å². The largest absolute Gasteiger partial charge is 0.491 e. The van der Waals surface area contributed by atoms with Crippen molar-refractivity contribution in [2.45, 2.75) is 32.4 Å². The van der Waals surface area contributed by atoms with E-state index in [4.69, 9.17) is 4.74 Å². The standard InChI is InChI=1S/C31H29FN4O3/c1-20-15-24(21-5-7-22(8-6-21)30-33-10-11-34-30)16-25-19-35(13-14-39-29(20)25)31(38)36-12-9-27(37)18-28(36)23-3-2-4-26(32)17-23/h2-8,10-11,15-17,28H,9,12-14,18-19H2,1H3,(H,33,34). The first kappa shape index (κ1) is 24.9. The van der Waals surface area contributed by atoms with E-state index >= 15 is 0 Å². The van der Waals surface area contributed by atoms with Gasteiger partial charge in [0.05, 0.1) is 19.1 Å². The highest BCUT2D eigenvalue weighted by Gasteiger charge is 2.35. The second-order valence-electron chi connectivity index (χ2n) is 10.1. The number of ether oxygens (including phenoxy) is 1. The highest BCUT2D eigenvalue weighted by atomic mass is 19.1. The Labute approximate surface area is 226 Å². The van der Waals surface area contributed by atoms with Gasteiger partial charge in [0.25, 0.3) is 0 Å². The zero-order valence-corrected chi connectivity index (χ0v) is 21.7. The molecular formula is C31H29FN4O3. The number of amides is 2. The van der Waals surface area contributed by atoms with Crippen LogP contribution in [0.15, 0.2) is 73.1 Å². The van der Waals surface area contributed by atoms with Gasteiger partial charge in [-0.05, 0) is 53.4 Å². The zero-order chi connectivity index (χ0) is 26.9. The number of fused-ring (bicyclic) bond motifs is 1. The summed E-state index contributed by atoms with van der Waals surface area (Å²) in [7, 11) is 0. The van der Waals surface area contributed by atoms with E-state index in [2.05, 4.69) is 34.2 Å². The lowest BCUT2D eigenvalue weighted by Gasteiger charge is -2.38.